The number of carbonyl (C=O) groups excluding carboxylic acids is 2. The number of benzene rings is 1. The number of ether oxygens (including phenoxy) is 2. The number of nitrogens with one attached hydrogen (secondary N) is 2. The lowest BCUT2D eigenvalue weighted by Crippen LogP contribution is -2.42. The fourth-order valence-corrected chi connectivity index (χ4v) is 4.09. The van der Waals surface area contributed by atoms with Crippen molar-refractivity contribution in [2.24, 2.45) is 0 Å². The quantitative estimate of drug-likeness (QED) is 0.449. The second kappa shape index (κ2) is 11.4. The maximum Gasteiger partial charge on any atom is 0.408 e. The molecule has 0 spiro atoms. The van der Waals surface area contributed by atoms with Crippen LogP contribution in [-0.2, 0) is 22.4 Å². The number of nitrogens with zero attached hydrogens (tertiary/aromatic N) is 4. The number of hydrogen-bond donors (Lipinski definition) is 2. The van der Waals surface area contributed by atoms with Crippen molar-refractivity contribution in [3.8, 4) is 28.7 Å². The van der Waals surface area contributed by atoms with Crippen LogP contribution in [-0.4, -0.2) is 70.1 Å². The van der Waals surface area contributed by atoms with E-state index >= 15 is 0 Å². The molecule has 38 heavy (non-hydrogen) atoms. The zero-order chi connectivity index (χ0) is 27.3. The molecule has 1 aromatic carbocycles. The minimum Gasteiger partial charge on any atom is -0.477 e. The average molecular weight is 521 g/mol. The Morgan fingerprint density at radius 1 is 1.16 bits per heavy atom. The van der Waals surface area contributed by atoms with Crippen LogP contribution in [0.1, 0.15) is 44.4 Å². The molecule has 0 unspecified atom stereocenters. The highest BCUT2D eigenvalue weighted by atomic mass is 16.6. The molecular weight excluding hydrogens is 488 g/mol. The summed E-state index contributed by atoms with van der Waals surface area (Å²) in [6, 6.07) is 7.71. The second-order valence-electron chi connectivity index (χ2n) is 9.84. The van der Waals surface area contributed by atoms with Crippen LogP contribution in [0.15, 0.2) is 35.0 Å². The van der Waals surface area contributed by atoms with Gasteiger partial charge in [0.2, 0.25) is 17.6 Å². The largest absolute Gasteiger partial charge is 0.477 e. The standard InChI is InChI=1S/C27H32N6O5/c1-5-36-24-20(14-28)13-21(15-29-24)25-31-23(32-38-25)19-7-6-17-8-10-33(11-9-18(17)12-19)22(34)16-30-26(35)37-27(2,3)4/h6-7,12-15,28H,5,8-11,16H2,1-4H3,(H,30,35). The van der Waals surface area contributed by atoms with Gasteiger partial charge in [-0.1, -0.05) is 17.3 Å². The first kappa shape index (κ1) is 26.8. The van der Waals surface area contributed by atoms with Gasteiger partial charge in [0, 0.05) is 31.1 Å². The van der Waals surface area contributed by atoms with Gasteiger partial charge in [0.15, 0.2) is 0 Å². The summed E-state index contributed by atoms with van der Waals surface area (Å²) in [4.78, 5) is 35.1. The summed E-state index contributed by atoms with van der Waals surface area (Å²) in [6.07, 6.45) is 3.51. The maximum atomic E-state index is 12.7. The van der Waals surface area contributed by atoms with Gasteiger partial charge < -0.3 is 29.6 Å². The van der Waals surface area contributed by atoms with Crippen molar-refractivity contribution >= 4 is 18.2 Å². The number of rotatable bonds is 7. The normalized spacial score (nSPS) is 13.3. The molecule has 0 radical (unpaired) electrons. The predicted octanol–water partition coefficient (Wildman–Crippen LogP) is 3.65. The second-order valence-corrected chi connectivity index (χ2v) is 9.84. The van der Waals surface area contributed by atoms with E-state index < -0.39 is 11.7 Å². The molecule has 0 saturated carbocycles. The number of carbonyl (C=O) groups is 2. The van der Waals surface area contributed by atoms with Crippen molar-refractivity contribution in [1.82, 2.24) is 25.3 Å². The van der Waals surface area contributed by atoms with Crippen molar-refractivity contribution in [1.29, 1.82) is 5.41 Å². The van der Waals surface area contributed by atoms with Gasteiger partial charge >= 0.3 is 6.09 Å². The Kier molecular flexibility index (Phi) is 8.04. The first-order chi connectivity index (χ1) is 18.2. The van der Waals surface area contributed by atoms with Crippen molar-refractivity contribution in [3.05, 3.63) is 47.2 Å². The summed E-state index contributed by atoms with van der Waals surface area (Å²) in [6.45, 7) is 8.61. The molecule has 0 bridgehead atoms. The lowest BCUT2D eigenvalue weighted by Gasteiger charge is -2.22. The van der Waals surface area contributed by atoms with E-state index in [9.17, 15) is 9.59 Å². The van der Waals surface area contributed by atoms with Crippen LogP contribution in [0.4, 0.5) is 4.79 Å². The molecule has 1 aliphatic heterocycles. The summed E-state index contributed by atoms with van der Waals surface area (Å²) >= 11 is 0. The molecule has 0 aliphatic carbocycles. The van der Waals surface area contributed by atoms with Crippen molar-refractivity contribution in [2.75, 3.05) is 26.2 Å². The van der Waals surface area contributed by atoms with Crippen LogP contribution in [0.2, 0.25) is 0 Å². The van der Waals surface area contributed by atoms with Gasteiger partial charge in [0.1, 0.15) is 12.1 Å². The fourth-order valence-electron chi connectivity index (χ4n) is 4.09. The van der Waals surface area contributed by atoms with Crippen molar-refractivity contribution in [2.45, 2.75) is 46.1 Å². The number of fused-ring (bicyclic) bond motifs is 1. The third kappa shape index (κ3) is 6.53. The molecule has 2 N–H and O–H groups in total. The highest BCUT2D eigenvalue weighted by Gasteiger charge is 2.22. The molecule has 11 heteroatoms. The minimum absolute atomic E-state index is 0.109. The Hall–Kier alpha value is -4.28. The first-order valence-electron chi connectivity index (χ1n) is 12.5. The van der Waals surface area contributed by atoms with Gasteiger partial charge in [-0.25, -0.2) is 9.78 Å². The van der Waals surface area contributed by atoms with Crippen LogP contribution in [0.3, 0.4) is 0 Å². The number of aromatic nitrogens is 3. The fraction of sp³-hybridized carbons (Fsp3) is 0.407. The number of hydrogen-bond acceptors (Lipinski definition) is 9. The molecule has 3 aromatic rings. The van der Waals surface area contributed by atoms with E-state index in [1.807, 2.05) is 25.1 Å². The zero-order valence-electron chi connectivity index (χ0n) is 22.0. The molecule has 200 valence electrons. The molecule has 0 saturated heterocycles. The summed E-state index contributed by atoms with van der Waals surface area (Å²) in [7, 11) is 0. The molecule has 11 nitrogen and oxygen atoms in total. The molecule has 0 fully saturated rings. The SMILES string of the molecule is CCOc1ncc(-c2nc(-c3ccc4c(c3)CCN(C(=O)CNC(=O)OC(C)(C)C)CC4)no2)cc1C=N. The lowest BCUT2D eigenvalue weighted by atomic mass is 10.00. The highest BCUT2D eigenvalue weighted by molar-refractivity contribution is 5.83. The molecule has 3 heterocycles. The Morgan fingerprint density at radius 3 is 2.63 bits per heavy atom. The van der Waals surface area contributed by atoms with Crippen LogP contribution >= 0.6 is 0 Å². The Morgan fingerprint density at radius 2 is 1.92 bits per heavy atom. The minimum atomic E-state index is -0.622. The van der Waals surface area contributed by atoms with Gasteiger partial charge in [-0.05, 0) is 63.8 Å². The third-order valence-corrected chi connectivity index (χ3v) is 5.89. The van der Waals surface area contributed by atoms with Gasteiger partial charge in [-0.3, -0.25) is 4.79 Å². The van der Waals surface area contributed by atoms with E-state index in [2.05, 4.69) is 20.4 Å². The van der Waals surface area contributed by atoms with E-state index in [1.54, 1.807) is 37.9 Å². The molecule has 4 rings (SSSR count). The predicted molar refractivity (Wildman–Crippen MR) is 140 cm³/mol. The first-order valence-corrected chi connectivity index (χ1v) is 12.5. The van der Waals surface area contributed by atoms with Crippen LogP contribution < -0.4 is 10.1 Å². The molecular formula is C27H32N6O5. The smallest absolute Gasteiger partial charge is 0.408 e. The summed E-state index contributed by atoms with van der Waals surface area (Å²) in [5, 5.41) is 14.3. The van der Waals surface area contributed by atoms with Crippen LogP contribution in [0.5, 0.6) is 5.88 Å². The highest BCUT2D eigenvalue weighted by Crippen LogP contribution is 2.27. The van der Waals surface area contributed by atoms with Gasteiger partial charge in [0.05, 0.1) is 17.7 Å². The topological polar surface area (TPSA) is 144 Å². The molecule has 2 amide bonds. The Bertz CT molecular complexity index is 1330. The number of amides is 2. The molecule has 0 atom stereocenters. The van der Waals surface area contributed by atoms with E-state index in [0.717, 1.165) is 16.7 Å². The van der Waals surface area contributed by atoms with Crippen LogP contribution in [0, 0.1) is 5.41 Å². The number of pyridine rings is 1. The molecule has 1 aliphatic rings. The van der Waals surface area contributed by atoms with E-state index in [0.29, 0.717) is 61.3 Å². The number of alkyl carbamates (subject to hydrolysis) is 1. The summed E-state index contributed by atoms with van der Waals surface area (Å²) < 4.78 is 16.1. The lowest BCUT2D eigenvalue weighted by molar-refractivity contribution is -0.130. The van der Waals surface area contributed by atoms with Crippen LogP contribution in [0.25, 0.3) is 22.8 Å². The van der Waals surface area contributed by atoms with E-state index in [1.165, 1.54) is 6.21 Å². The maximum absolute atomic E-state index is 12.7. The monoisotopic (exact) mass is 520 g/mol. The Labute approximate surface area is 221 Å². The average Bonchev–Trinajstić information content (AvgIpc) is 3.27. The van der Waals surface area contributed by atoms with Gasteiger partial charge in [-0.15, -0.1) is 0 Å². The van der Waals surface area contributed by atoms with Gasteiger partial charge in [0.25, 0.3) is 5.89 Å². The summed E-state index contributed by atoms with van der Waals surface area (Å²) in [5.74, 6) is 0.958. The van der Waals surface area contributed by atoms with E-state index in [4.69, 9.17) is 19.4 Å². The summed E-state index contributed by atoms with van der Waals surface area (Å²) in [5.41, 5.74) is 3.56. The van der Waals surface area contributed by atoms with Gasteiger partial charge in [-0.2, -0.15) is 4.98 Å². The Balaban J connectivity index is 1.42. The zero-order valence-corrected chi connectivity index (χ0v) is 22.0. The van der Waals surface area contributed by atoms with Crippen molar-refractivity contribution < 1.29 is 23.6 Å². The third-order valence-electron chi connectivity index (χ3n) is 5.89. The van der Waals surface area contributed by atoms with Crippen molar-refractivity contribution in [3.63, 3.8) is 0 Å². The molecule has 2 aromatic heterocycles. The van der Waals surface area contributed by atoms with E-state index in [-0.39, 0.29) is 12.5 Å².